The molecule has 148 valence electrons. The van der Waals surface area contributed by atoms with E-state index >= 15 is 0 Å². The van der Waals surface area contributed by atoms with Crippen molar-refractivity contribution in [3.8, 4) is 23.0 Å². The van der Waals surface area contributed by atoms with Crippen LogP contribution >= 0.6 is 0 Å². The second-order valence-corrected chi connectivity index (χ2v) is 6.75. The van der Waals surface area contributed by atoms with Crippen LogP contribution in [0.15, 0.2) is 66.7 Å². The summed E-state index contributed by atoms with van der Waals surface area (Å²) in [5.41, 5.74) is 10.4. The van der Waals surface area contributed by atoms with E-state index in [2.05, 4.69) is 46.4 Å². The minimum atomic E-state index is -0.615. The van der Waals surface area contributed by atoms with Crippen LogP contribution in [0, 0.1) is 11.8 Å². The lowest BCUT2D eigenvalue weighted by Crippen LogP contribution is -2.26. The van der Waals surface area contributed by atoms with Crippen molar-refractivity contribution >= 4 is 12.0 Å². The molecule has 0 saturated carbocycles. The van der Waals surface area contributed by atoms with Crippen LogP contribution in [0.3, 0.4) is 0 Å². The zero-order chi connectivity index (χ0) is 20.9. The van der Waals surface area contributed by atoms with Gasteiger partial charge in [0.05, 0.1) is 6.54 Å². The van der Waals surface area contributed by atoms with Gasteiger partial charge >= 0.3 is 6.09 Å². The Morgan fingerprint density at radius 3 is 2.30 bits per heavy atom. The van der Waals surface area contributed by atoms with Crippen molar-refractivity contribution in [3.05, 3.63) is 89.2 Å². The Hall–Kier alpha value is -4.11. The summed E-state index contributed by atoms with van der Waals surface area (Å²) in [6.07, 6.45) is -0.537. The first-order valence-electron chi connectivity index (χ1n) is 9.48. The van der Waals surface area contributed by atoms with Crippen LogP contribution in [0.5, 0.6) is 0 Å². The Morgan fingerprint density at radius 2 is 1.63 bits per heavy atom. The summed E-state index contributed by atoms with van der Waals surface area (Å²) in [6.45, 7) is 0.342. The number of hydrogen-bond acceptors (Lipinski definition) is 4. The zero-order valence-corrected chi connectivity index (χ0v) is 16.1. The van der Waals surface area contributed by atoms with Gasteiger partial charge in [-0.3, -0.25) is 4.79 Å². The van der Waals surface area contributed by atoms with Crippen molar-refractivity contribution in [2.75, 3.05) is 13.2 Å². The van der Waals surface area contributed by atoms with Crippen LogP contribution in [-0.4, -0.2) is 30.1 Å². The number of fused-ring (bicyclic) bond motifs is 3. The van der Waals surface area contributed by atoms with Gasteiger partial charge in [0.1, 0.15) is 18.0 Å². The molecule has 6 nitrogen and oxygen atoms in total. The van der Waals surface area contributed by atoms with Crippen LogP contribution in [-0.2, 0) is 4.74 Å². The largest absolute Gasteiger partial charge is 0.449 e. The summed E-state index contributed by atoms with van der Waals surface area (Å²) in [7, 11) is 0. The fraction of sp³-hybridized carbons (Fsp3) is 0.125. The van der Waals surface area contributed by atoms with Gasteiger partial charge in [-0.15, -0.1) is 0 Å². The Balaban J connectivity index is 1.34. The Kier molecular flexibility index (Phi) is 5.44. The van der Waals surface area contributed by atoms with E-state index in [1.165, 1.54) is 17.2 Å². The number of carbonyl (C=O) groups is 2. The number of ether oxygens (including phenoxy) is 1. The summed E-state index contributed by atoms with van der Waals surface area (Å²) >= 11 is 0. The highest BCUT2D eigenvalue weighted by atomic mass is 16.5. The molecule has 1 heterocycles. The van der Waals surface area contributed by atoms with Gasteiger partial charge in [0.15, 0.2) is 0 Å². The quantitative estimate of drug-likeness (QED) is 0.662. The van der Waals surface area contributed by atoms with Gasteiger partial charge in [-0.05, 0) is 40.3 Å². The predicted molar refractivity (Wildman–Crippen MR) is 113 cm³/mol. The Bertz CT molecular complexity index is 1130. The molecule has 0 aliphatic heterocycles. The Morgan fingerprint density at radius 1 is 0.967 bits per heavy atom. The second kappa shape index (κ2) is 8.50. The first kappa shape index (κ1) is 19.2. The lowest BCUT2D eigenvalue weighted by molar-refractivity contribution is 0.0995. The monoisotopic (exact) mass is 397 g/mol. The number of nitrogens with two attached hydrogens (primary N) is 1. The Labute approximate surface area is 174 Å². The average Bonchev–Trinajstić information content (AvgIpc) is 3.09. The fourth-order valence-corrected chi connectivity index (χ4v) is 3.54. The van der Waals surface area contributed by atoms with Gasteiger partial charge in [-0.25, -0.2) is 9.78 Å². The maximum atomic E-state index is 12.1. The molecule has 30 heavy (non-hydrogen) atoms. The molecule has 2 amide bonds. The van der Waals surface area contributed by atoms with Crippen molar-refractivity contribution in [3.63, 3.8) is 0 Å². The number of carbonyl (C=O) groups excluding carboxylic acids is 2. The molecule has 0 atom stereocenters. The third kappa shape index (κ3) is 4.01. The van der Waals surface area contributed by atoms with Crippen molar-refractivity contribution in [2.45, 2.75) is 5.92 Å². The smallest absolute Gasteiger partial charge is 0.407 e. The number of nitrogens with zero attached hydrogens (tertiary/aromatic N) is 1. The van der Waals surface area contributed by atoms with Crippen LogP contribution in [0.25, 0.3) is 11.1 Å². The summed E-state index contributed by atoms with van der Waals surface area (Å²) < 4.78 is 5.45. The molecule has 2 aromatic carbocycles. The molecule has 0 unspecified atom stereocenters. The molecule has 6 heteroatoms. The SMILES string of the molecule is NC(=O)c1cccc(C#CCNC(=O)OCC2c3ccccc3-c3ccccc32)n1. The molecule has 0 spiro atoms. The van der Waals surface area contributed by atoms with E-state index in [4.69, 9.17) is 10.5 Å². The van der Waals surface area contributed by atoms with Crippen LogP contribution in [0.4, 0.5) is 4.79 Å². The molecule has 0 saturated heterocycles. The number of amides is 2. The van der Waals surface area contributed by atoms with E-state index in [1.54, 1.807) is 12.1 Å². The van der Waals surface area contributed by atoms with E-state index in [-0.39, 0.29) is 24.8 Å². The highest BCUT2D eigenvalue weighted by Gasteiger charge is 2.28. The number of rotatable bonds is 4. The lowest BCUT2D eigenvalue weighted by Gasteiger charge is -2.14. The number of benzene rings is 2. The van der Waals surface area contributed by atoms with E-state index in [0.717, 1.165) is 11.1 Å². The molecular weight excluding hydrogens is 378 g/mol. The van der Waals surface area contributed by atoms with E-state index in [9.17, 15) is 9.59 Å². The molecule has 1 aliphatic rings. The second-order valence-electron chi connectivity index (χ2n) is 6.75. The van der Waals surface area contributed by atoms with Gasteiger partial charge in [0.25, 0.3) is 5.91 Å². The first-order chi connectivity index (χ1) is 14.6. The van der Waals surface area contributed by atoms with Crippen LogP contribution < -0.4 is 11.1 Å². The molecule has 1 aliphatic carbocycles. The van der Waals surface area contributed by atoms with E-state index < -0.39 is 12.0 Å². The normalized spacial score (nSPS) is 11.6. The predicted octanol–water partition coefficient (Wildman–Crippen LogP) is 3.07. The molecule has 1 aromatic heterocycles. The topological polar surface area (TPSA) is 94.3 Å². The van der Waals surface area contributed by atoms with Crippen LogP contribution in [0.1, 0.15) is 33.2 Å². The lowest BCUT2D eigenvalue weighted by atomic mass is 9.98. The maximum Gasteiger partial charge on any atom is 0.407 e. The number of hydrogen-bond donors (Lipinski definition) is 2. The molecule has 0 bridgehead atoms. The molecule has 4 rings (SSSR count). The highest BCUT2D eigenvalue weighted by molar-refractivity contribution is 5.90. The van der Waals surface area contributed by atoms with Gasteiger partial charge in [-0.1, -0.05) is 60.5 Å². The third-order valence-electron chi connectivity index (χ3n) is 4.88. The number of aromatic nitrogens is 1. The number of primary amides is 1. The average molecular weight is 397 g/mol. The van der Waals surface area contributed by atoms with Gasteiger partial charge in [0.2, 0.25) is 0 Å². The summed E-state index contributed by atoms with van der Waals surface area (Å²) in [5.74, 6) is 4.95. The highest BCUT2D eigenvalue weighted by Crippen LogP contribution is 2.44. The van der Waals surface area contributed by atoms with Gasteiger partial charge < -0.3 is 15.8 Å². The van der Waals surface area contributed by atoms with Crippen molar-refractivity contribution in [2.24, 2.45) is 5.73 Å². The van der Waals surface area contributed by atoms with Crippen molar-refractivity contribution in [1.29, 1.82) is 0 Å². The minimum Gasteiger partial charge on any atom is -0.449 e. The minimum absolute atomic E-state index is 0.00923. The van der Waals surface area contributed by atoms with Gasteiger partial charge in [-0.2, -0.15) is 0 Å². The summed E-state index contributed by atoms with van der Waals surface area (Å²) in [6, 6.07) is 21.2. The molecule has 3 N–H and O–H groups in total. The number of alkyl carbamates (subject to hydrolysis) is 1. The van der Waals surface area contributed by atoms with Gasteiger partial charge in [0, 0.05) is 5.92 Å². The summed E-state index contributed by atoms with van der Waals surface area (Å²) in [4.78, 5) is 27.3. The summed E-state index contributed by atoms with van der Waals surface area (Å²) in [5, 5.41) is 2.61. The van der Waals surface area contributed by atoms with E-state index in [0.29, 0.717) is 5.69 Å². The third-order valence-corrected chi connectivity index (χ3v) is 4.88. The zero-order valence-electron chi connectivity index (χ0n) is 16.1. The standard InChI is InChI=1S/C24H19N3O3/c25-23(28)22-13-5-7-16(27-22)8-6-14-26-24(29)30-15-21-19-11-3-1-9-17(19)18-10-2-4-12-20(18)21/h1-5,7,9-13,21H,14-15H2,(H2,25,28)(H,26,29). The molecule has 0 radical (unpaired) electrons. The van der Waals surface area contributed by atoms with Crippen molar-refractivity contribution in [1.82, 2.24) is 10.3 Å². The number of nitrogens with one attached hydrogen (secondary N) is 1. The van der Waals surface area contributed by atoms with Crippen molar-refractivity contribution < 1.29 is 14.3 Å². The molecular formula is C24H19N3O3. The maximum absolute atomic E-state index is 12.1. The number of pyridine rings is 1. The van der Waals surface area contributed by atoms with E-state index in [1.807, 2.05) is 24.3 Å². The first-order valence-corrected chi connectivity index (χ1v) is 9.48. The molecule has 0 fully saturated rings. The van der Waals surface area contributed by atoms with Crippen LogP contribution in [0.2, 0.25) is 0 Å². The fourth-order valence-electron chi connectivity index (χ4n) is 3.54. The molecule has 3 aromatic rings.